The zero-order valence-corrected chi connectivity index (χ0v) is 9.42. The van der Waals surface area contributed by atoms with Crippen LogP contribution in [-0.2, 0) is 6.18 Å². The Morgan fingerprint density at radius 2 is 2.00 bits per heavy atom. The summed E-state index contributed by atoms with van der Waals surface area (Å²) in [5.74, 6) is 0. The Morgan fingerprint density at radius 1 is 1.18 bits per heavy atom. The van der Waals surface area contributed by atoms with Gasteiger partial charge in [-0.25, -0.2) is 4.98 Å². The molecular weight excluding hydrogens is 247 g/mol. The van der Waals surface area contributed by atoms with Crippen LogP contribution < -0.4 is 0 Å². The lowest BCUT2D eigenvalue weighted by Gasteiger charge is -2.06. The maximum Gasteiger partial charge on any atom is 0.416 e. The number of benzene rings is 1. The number of alkyl halides is 3. The maximum absolute atomic E-state index is 12.4. The summed E-state index contributed by atoms with van der Waals surface area (Å²) >= 11 is 1.43. The lowest BCUT2D eigenvalue weighted by Crippen LogP contribution is -2.04. The van der Waals surface area contributed by atoms with Gasteiger partial charge in [-0.2, -0.15) is 13.2 Å². The highest BCUT2D eigenvalue weighted by Gasteiger charge is 2.30. The van der Waals surface area contributed by atoms with Crippen LogP contribution in [0.3, 0.4) is 0 Å². The molecule has 0 aliphatic carbocycles. The van der Waals surface area contributed by atoms with E-state index >= 15 is 0 Å². The van der Waals surface area contributed by atoms with E-state index in [-0.39, 0.29) is 0 Å². The molecule has 2 rings (SSSR count). The van der Waals surface area contributed by atoms with E-state index in [2.05, 4.69) is 4.98 Å². The van der Waals surface area contributed by atoms with E-state index in [0.717, 1.165) is 17.1 Å². The van der Waals surface area contributed by atoms with Gasteiger partial charge >= 0.3 is 6.18 Å². The first-order valence-electron chi connectivity index (χ1n) is 4.80. The van der Waals surface area contributed by atoms with Crippen molar-refractivity contribution in [3.05, 3.63) is 52.0 Å². The molecule has 0 fully saturated rings. The molecule has 17 heavy (non-hydrogen) atoms. The van der Waals surface area contributed by atoms with E-state index in [0.29, 0.717) is 5.56 Å². The summed E-state index contributed by atoms with van der Waals surface area (Å²) in [5, 5.41) is 2.58. The van der Waals surface area contributed by atoms with E-state index in [1.165, 1.54) is 17.4 Å². The average molecular weight is 255 g/mol. The summed E-state index contributed by atoms with van der Waals surface area (Å²) in [6.07, 6.45) is 0.662. The standard InChI is InChI=1S/C12H8F3NS/c13-12(14,15)10-3-1-2-9(8-10)4-5-11-16-6-7-17-11/h1-8H/b5-4+. The predicted octanol–water partition coefficient (Wildman–Crippen LogP) is 4.33. The molecule has 1 aromatic carbocycles. The molecule has 5 heteroatoms. The minimum atomic E-state index is -4.30. The van der Waals surface area contributed by atoms with Crippen molar-refractivity contribution in [2.45, 2.75) is 6.18 Å². The van der Waals surface area contributed by atoms with Gasteiger partial charge in [0.25, 0.3) is 0 Å². The van der Waals surface area contributed by atoms with Gasteiger partial charge in [0.1, 0.15) is 5.01 Å². The first-order valence-corrected chi connectivity index (χ1v) is 5.68. The number of rotatable bonds is 2. The molecule has 1 aromatic heterocycles. The van der Waals surface area contributed by atoms with Crippen LogP contribution in [0.25, 0.3) is 12.2 Å². The van der Waals surface area contributed by atoms with Crippen molar-refractivity contribution >= 4 is 23.5 Å². The van der Waals surface area contributed by atoms with Crippen molar-refractivity contribution in [3.8, 4) is 0 Å². The number of hydrogen-bond donors (Lipinski definition) is 0. The number of thiazole rings is 1. The molecule has 0 radical (unpaired) electrons. The van der Waals surface area contributed by atoms with Gasteiger partial charge in [-0.05, 0) is 23.8 Å². The zero-order chi connectivity index (χ0) is 12.3. The Balaban J connectivity index is 2.23. The minimum absolute atomic E-state index is 0.509. The largest absolute Gasteiger partial charge is 0.416 e. The molecule has 0 spiro atoms. The lowest BCUT2D eigenvalue weighted by atomic mass is 10.1. The Bertz CT molecular complexity index is 515. The molecular formula is C12H8F3NS. The fourth-order valence-electron chi connectivity index (χ4n) is 1.30. The van der Waals surface area contributed by atoms with Gasteiger partial charge in [0.15, 0.2) is 0 Å². The first-order chi connectivity index (χ1) is 8.05. The van der Waals surface area contributed by atoms with Crippen LogP contribution in [0.2, 0.25) is 0 Å². The number of aromatic nitrogens is 1. The molecule has 0 aliphatic rings. The van der Waals surface area contributed by atoms with E-state index in [1.807, 2.05) is 5.38 Å². The Hall–Kier alpha value is -1.62. The van der Waals surface area contributed by atoms with Gasteiger partial charge in [0.2, 0.25) is 0 Å². The van der Waals surface area contributed by atoms with Crippen LogP contribution in [0.5, 0.6) is 0 Å². The fraction of sp³-hybridized carbons (Fsp3) is 0.0833. The SMILES string of the molecule is FC(F)(F)c1cccc(/C=C/c2nccs2)c1. The monoisotopic (exact) mass is 255 g/mol. The molecule has 1 heterocycles. The normalized spacial score (nSPS) is 12.2. The van der Waals surface area contributed by atoms with Gasteiger partial charge in [-0.15, -0.1) is 11.3 Å². The topological polar surface area (TPSA) is 12.9 Å². The molecule has 88 valence electrons. The highest BCUT2D eigenvalue weighted by Crippen LogP contribution is 2.29. The van der Waals surface area contributed by atoms with Crippen molar-refractivity contribution in [1.82, 2.24) is 4.98 Å². The highest BCUT2D eigenvalue weighted by atomic mass is 32.1. The summed E-state index contributed by atoms with van der Waals surface area (Å²) < 4.78 is 37.3. The summed E-state index contributed by atoms with van der Waals surface area (Å²) in [4.78, 5) is 4.01. The van der Waals surface area contributed by atoms with Gasteiger partial charge in [-0.1, -0.05) is 18.2 Å². The summed E-state index contributed by atoms with van der Waals surface area (Å²) in [6, 6.07) is 5.19. The van der Waals surface area contributed by atoms with Crippen LogP contribution in [0, 0.1) is 0 Å². The quantitative estimate of drug-likeness (QED) is 0.778. The van der Waals surface area contributed by atoms with E-state index in [1.54, 1.807) is 24.4 Å². The van der Waals surface area contributed by atoms with Gasteiger partial charge in [0, 0.05) is 11.6 Å². The fourth-order valence-corrected chi connectivity index (χ4v) is 1.83. The minimum Gasteiger partial charge on any atom is -0.245 e. The second-order valence-electron chi connectivity index (χ2n) is 3.33. The van der Waals surface area contributed by atoms with Crippen LogP contribution in [0.15, 0.2) is 35.8 Å². The van der Waals surface area contributed by atoms with E-state index in [9.17, 15) is 13.2 Å². The smallest absolute Gasteiger partial charge is 0.245 e. The molecule has 0 N–H and O–H groups in total. The molecule has 0 unspecified atom stereocenters. The van der Waals surface area contributed by atoms with Crippen LogP contribution in [0.4, 0.5) is 13.2 Å². The predicted molar refractivity (Wildman–Crippen MR) is 62.5 cm³/mol. The van der Waals surface area contributed by atoms with Crippen molar-refractivity contribution in [2.75, 3.05) is 0 Å². The van der Waals surface area contributed by atoms with Gasteiger partial charge < -0.3 is 0 Å². The molecule has 0 aliphatic heterocycles. The number of hydrogen-bond acceptors (Lipinski definition) is 2. The van der Waals surface area contributed by atoms with Crippen LogP contribution >= 0.6 is 11.3 Å². The molecule has 0 atom stereocenters. The Labute approximate surface area is 100 Å². The second-order valence-corrected chi connectivity index (χ2v) is 4.25. The van der Waals surface area contributed by atoms with Crippen molar-refractivity contribution in [3.63, 3.8) is 0 Å². The average Bonchev–Trinajstić information content (AvgIpc) is 2.78. The third kappa shape index (κ3) is 3.17. The third-order valence-corrected chi connectivity index (χ3v) is 2.82. The molecule has 0 amide bonds. The summed E-state index contributed by atoms with van der Waals surface area (Å²) in [7, 11) is 0. The zero-order valence-electron chi connectivity index (χ0n) is 8.61. The van der Waals surface area contributed by atoms with Crippen LogP contribution in [0.1, 0.15) is 16.1 Å². The molecule has 2 aromatic rings. The molecule has 1 nitrogen and oxygen atoms in total. The van der Waals surface area contributed by atoms with E-state index in [4.69, 9.17) is 0 Å². The molecule has 0 saturated heterocycles. The van der Waals surface area contributed by atoms with Gasteiger partial charge in [0.05, 0.1) is 5.56 Å². The van der Waals surface area contributed by atoms with Gasteiger partial charge in [-0.3, -0.25) is 0 Å². The van der Waals surface area contributed by atoms with Crippen molar-refractivity contribution < 1.29 is 13.2 Å². The first kappa shape index (κ1) is 11.9. The number of nitrogens with zero attached hydrogens (tertiary/aromatic N) is 1. The van der Waals surface area contributed by atoms with Crippen molar-refractivity contribution in [1.29, 1.82) is 0 Å². The van der Waals surface area contributed by atoms with E-state index < -0.39 is 11.7 Å². The highest BCUT2D eigenvalue weighted by molar-refractivity contribution is 7.10. The molecule has 0 saturated carbocycles. The molecule has 0 bridgehead atoms. The Kier molecular flexibility index (Phi) is 3.28. The summed E-state index contributed by atoms with van der Waals surface area (Å²) in [6.45, 7) is 0. The summed E-state index contributed by atoms with van der Waals surface area (Å²) in [5.41, 5.74) is -0.131. The second kappa shape index (κ2) is 4.71. The lowest BCUT2D eigenvalue weighted by molar-refractivity contribution is -0.137. The van der Waals surface area contributed by atoms with Crippen molar-refractivity contribution in [2.24, 2.45) is 0 Å². The maximum atomic E-state index is 12.4. The van der Waals surface area contributed by atoms with Crippen LogP contribution in [-0.4, -0.2) is 4.98 Å². The Morgan fingerprint density at radius 3 is 2.65 bits per heavy atom. The third-order valence-electron chi connectivity index (χ3n) is 2.08. The number of halogens is 3.